The van der Waals surface area contributed by atoms with Gasteiger partial charge in [-0.05, 0) is 35.9 Å². The summed E-state index contributed by atoms with van der Waals surface area (Å²) in [6.07, 6.45) is -0.243. The first kappa shape index (κ1) is 16.6. The summed E-state index contributed by atoms with van der Waals surface area (Å²) in [6.45, 7) is 0.246. The van der Waals surface area contributed by atoms with Gasteiger partial charge in [-0.2, -0.15) is 0 Å². The molecule has 0 aliphatic rings. The van der Waals surface area contributed by atoms with E-state index in [4.69, 9.17) is 5.11 Å². The van der Waals surface area contributed by atoms with Crippen LogP contribution in [0.3, 0.4) is 0 Å². The lowest BCUT2D eigenvalue weighted by molar-refractivity contribution is -0.129. The monoisotopic (exact) mass is 319 g/mol. The van der Waals surface area contributed by atoms with Gasteiger partial charge in [0.25, 0.3) is 0 Å². The number of carboxylic acids is 1. The molecule has 2 aromatic carbocycles. The normalized spacial score (nSPS) is 10.4. The summed E-state index contributed by atoms with van der Waals surface area (Å²) in [6, 6.07) is 9.10. The minimum Gasteiger partial charge on any atom is -0.478 e. The number of halogens is 2. The van der Waals surface area contributed by atoms with Crippen molar-refractivity contribution in [1.29, 1.82) is 0 Å². The average Bonchev–Trinajstić information content (AvgIpc) is 2.51. The lowest BCUT2D eigenvalue weighted by Crippen LogP contribution is -2.28. The number of hydrogen-bond acceptors (Lipinski definition) is 2. The first-order chi connectivity index (χ1) is 10.9. The van der Waals surface area contributed by atoms with E-state index >= 15 is 0 Å². The number of benzene rings is 2. The highest BCUT2D eigenvalue weighted by molar-refractivity contribution is 5.87. The highest BCUT2D eigenvalue weighted by atomic mass is 19.1. The number of amides is 1. The number of rotatable bonds is 5. The molecular formula is C17H15F2NO3. The zero-order chi connectivity index (χ0) is 17.0. The molecule has 0 saturated carbocycles. The van der Waals surface area contributed by atoms with Crippen molar-refractivity contribution < 1.29 is 23.5 Å². The topological polar surface area (TPSA) is 57.6 Å². The Balaban J connectivity index is 2.02. The largest absolute Gasteiger partial charge is 0.478 e. The molecule has 0 spiro atoms. The van der Waals surface area contributed by atoms with Crippen LogP contribution in [0.4, 0.5) is 8.78 Å². The molecule has 0 aromatic heterocycles. The molecule has 0 fully saturated rings. The molecule has 6 heteroatoms. The van der Waals surface area contributed by atoms with Crippen molar-refractivity contribution in [3.63, 3.8) is 0 Å². The molecule has 1 N–H and O–H groups in total. The number of likely N-dealkylation sites (N-methyl/N-ethyl adjacent to an activating group) is 1. The van der Waals surface area contributed by atoms with Gasteiger partial charge in [0.2, 0.25) is 5.91 Å². The zero-order valence-electron chi connectivity index (χ0n) is 12.4. The number of nitrogens with zero attached hydrogens (tertiary/aromatic N) is 1. The van der Waals surface area contributed by atoms with E-state index in [0.29, 0.717) is 0 Å². The van der Waals surface area contributed by atoms with E-state index in [1.54, 1.807) is 19.2 Å². The fraction of sp³-hybridized carbons (Fsp3) is 0.176. The third-order valence-electron chi connectivity index (χ3n) is 3.40. The Labute approximate surface area is 132 Å². The van der Waals surface area contributed by atoms with Crippen LogP contribution in [0.5, 0.6) is 0 Å². The molecule has 0 unspecified atom stereocenters. The molecule has 120 valence electrons. The molecule has 0 radical (unpaired) electrons. The summed E-state index contributed by atoms with van der Waals surface area (Å²) >= 11 is 0. The standard InChI is InChI=1S/C17H15F2NO3/c1-20(10-11-2-4-12(5-3-11)17(22)23)16(21)9-13-8-14(18)6-7-15(13)19/h2-8H,9-10H2,1H3,(H,22,23). The molecule has 1 amide bonds. The molecule has 0 aliphatic carbocycles. The van der Waals surface area contributed by atoms with Crippen LogP contribution in [0.25, 0.3) is 0 Å². The summed E-state index contributed by atoms with van der Waals surface area (Å²) in [4.78, 5) is 24.2. The number of carbonyl (C=O) groups excluding carboxylic acids is 1. The van der Waals surface area contributed by atoms with E-state index in [-0.39, 0.29) is 30.0 Å². The Kier molecular flexibility index (Phi) is 5.05. The highest BCUT2D eigenvalue weighted by Gasteiger charge is 2.14. The van der Waals surface area contributed by atoms with Gasteiger partial charge in [-0.25, -0.2) is 13.6 Å². The van der Waals surface area contributed by atoms with E-state index in [0.717, 1.165) is 23.8 Å². The third kappa shape index (κ3) is 4.35. The number of carbonyl (C=O) groups is 2. The summed E-state index contributed by atoms with van der Waals surface area (Å²) in [5.41, 5.74) is 0.901. The second-order valence-electron chi connectivity index (χ2n) is 5.16. The van der Waals surface area contributed by atoms with Gasteiger partial charge >= 0.3 is 5.97 Å². The third-order valence-corrected chi connectivity index (χ3v) is 3.40. The van der Waals surface area contributed by atoms with E-state index < -0.39 is 17.6 Å². The second-order valence-corrected chi connectivity index (χ2v) is 5.16. The van der Waals surface area contributed by atoms with Crippen molar-refractivity contribution in [3.8, 4) is 0 Å². The van der Waals surface area contributed by atoms with Crippen molar-refractivity contribution in [1.82, 2.24) is 4.90 Å². The van der Waals surface area contributed by atoms with Gasteiger partial charge < -0.3 is 10.0 Å². The maximum atomic E-state index is 13.5. The fourth-order valence-corrected chi connectivity index (χ4v) is 2.09. The van der Waals surface area contributed by atoms with Gasteiger partial charge in [0.1, 0.15) is 11.6 Å². The quantitative estimate of drug-likeness (QED) is 0.922. The summed E-state index contributed by atoms with van der Waals surface area (Å²) in [5.74, 6) is -2.61. The lowest BCUT2D eigenvalue weighted by atomic mass is 10.1. The SMILES string of the molecule is CN(Cc1ccc(C(=O)O)cc1)C(=O)Cc1cc(F)ccc1F. The predicted octanol–water partition coefficient (Wildman–Crippen LogP) is 2.86. The van der Waals surface area contributed by atoms with E-state index in [2.05, 4.69) is 0 Å². The molecule has 23 heavy (non-hydrogen) atoms. The van der Waals surface area contributed by atoms with Gasteiger partial charge in [-0.3, -0.25) is 4.79 Å². The molecule has 0 aliphatic heterocycles. The Morgan fingerprint density at radius 1 is 1.09 bits per heavy atom. The maximum absolute atomic E-state index is 13.5. The second kappa shape index (κ2) is 7.00. The minimum atomic E-state index is -1.03. The molecule has 0 heterocycles. The van der Waals surface area contributed by atoms with E-state index in [9.17, 15) is 18.4 Å². The first-order valence-electron chi connectivity index (χ1n) is 6.87. The van der Waals surface area contributed by atoms with Gasteiger partial charge in [0, 0.05) is 19.2 Å². The van der Waals surface area contributed by atoms with Crippen LogP contribution < -0.4 is 0 Å². The van der Waals surface area contributed by atoms with Gasteiger partial charge in [0.05, 0.1) is 12.0 Å². The maximum Gasteiger partial charge on any atom is 0.335 e. The highest BCUT2D eigenvalue weighted by Crippen LogP contribution is 2.13. The Morgan fingerprint density at radius 3 is 2.35 bits per heavy atom. The molecular weight excluding hydrogens is 304 g/mol. The molecule has 2 aromatic rings. The van der Waals surface area contributed by atoms with Gasteiger partial charge in [0.15, 0.2) is 0 Å². The zero-order valence-corrected chi connectivity index (χ0v) is 12.4. The van der Waals surface area contributed by atoms with Crippen LogP contribution in [-0.2, 0) is 17.8 Å². The van der Waals surface area contributed by atoms with Gasteiger partial charge in [-0.1, -0.05) is 12.1 Å². The van der Waals surface area contributed by atoms with Crippen LogP contribution >= 0.6 is 0 Å². The minimum absolute atomic E-state index is 0.00285. The van der Waals surface area contributed by atoms with E-state index in [1.807, 2.05) is 0 Å². The van der Waals surface area contributed by atoms with Crippen molar-refractivity contribution in [2.75, 3.05) is 7.05 Å². The summed E-state index contributed by atoms with van der Waals surface area (Å²) in [7, 11) is 1.55. The Bertz CT molecular complexity index is 729. The van der Waals surface area contributed by atoms with Crippen LogP contribution in [0, 0.1) is 11.6 Å². The first-order valence-corrected chi connectivity index (χ1v) is 6.87. The van der Waals surface area contributed by atoms with Crippen LogP contribution in [0.1, 0.15) is 21.5 Å². The van der Waals surface area contributed by atoms with Crippen molar-refractivity contribution in [3.05, 3.63) is 70.8 Å². The Hall–Kier alpha value is -2.76. The molecule has 4 nitrogen and oxygen atoms in total. The molecule has 0 bridgehead atoms. The van der Waals surface area contributed by atoms with Crippen LogP contribution in [0.2, 0.25) is 0 Å². The van der Waals surface area contributed by atoms with Crippen LogP contribution in [0.15, 0.2) is 42.5 Å². The molecule has 0 saturated heterocycles. The fourth-order valence-electron chi connectivity index (χ4n) is 2.09. The lowest BCUT2D eigenvalue weighted by Gasteiger charge is -2.17. The smallest absolute Gasteiger partial charge is 0.335 e. The Morgan fingerprint density at radius 2 is 1.74 bits per heavy atom. The number of aromatic carboxylic acids is 1. The molecule has 2 rings (SSSR count). The number of hydrogen-bond donors (Lipinski definition) is 1. The predicted molar refractivity (Wildman–Crippen MR) is 79.9 cm³/mol. The summed E-state index contributed by atoms with van der Waals surface area (Å²) in [5, 5.41) is 8.83. The average molecular weight is 319 g/mol. The van der Waals surface area contributed by atoms with Crippen molar-refractivity contribution in [2.45, 2.75) is 13.0 Å². The van der Waals surface area contributed by atoms with Crippen molar-refractivity contribution >= 4 is 11.9 Å². The van der Waals surface area contributed by atoms with Crippen LogP contribution in [-0.4, -0.2) is 28.9 Å². The summed E-state index contributed by atoms with van der Waals surface area (Å²) < 4.78 is 26.7. The van der Waals surface area contributed by atoms with Gasteiger partial charge in [-0.15, -0.1) is 0 Å². The van der Waals surface area contributed by atoms with E-state index in [1.165, 1.54) is 17.0 Å². The van der Waals surface area contributed by atoms with Crippen molar-refractivity contribution in [2.24, 2.45) is 0 Å². The number of carboxylic acid groups (broad SMARTS) is 1. The molecule has 0 atom stereocenters.